The normalized spacial score (nSPS) is 14.1. The fourth-order valence-electron chi connectivity index (χ4n) is 3.15. The minimum absolute atomic E-state index is 0.220. The van der Waals surface area contributed by atoms with Crippen molar-refractivity contribution in [2.45, 2.75) is 0 Å². The van der Waals surface area contributed by atoms with Gasteiger partial charge in [-0.15, -0.1) is 0 Å². The molecule has 1 aromatic carbocycles. The second-order valence-corrected chi connectivity index (χ2v) is 6.67. The van der Waals surface area contributed by atoms with E-state index in [0.29, 0.717) is 19.0 Å². The van der Waals surface area contributed by atoms with Crippen molar-refractivity contribution in [2.24, 2.45) is 0 Å². The zero-order valence-corrected chi connectivity index (χ0v) is 16.0. The lowest BCUT2D eigenvalue weighted by atomic mass is 10.1. The number of rotatable bonds is 5. The van der Waals surface area contributed by atoms with Crippen molar-refractivity contribution in [3.63, 3.8) is 0 Å². The minimum atomic E-state index is -0.220. The van der Waals surface area contributed by atoms with Crippen molar-refractivity contribution in [1.82, 2.24) is 9.97 Å². The summed E-state index contributed by atoms with van der Waals surface area (Å²) >= 11 is 0. The first kappa shape index (κ1) is 18.8. The summed E-state index contributed by atoms with van der Waals surface area (Å²) in [5.41, 5.74) is 2.97. The van der Waals surface area contributed by atoms with E-state index in [4.69, 9.17) is 4.74 Å². The second kappa shape index (κ2) is 9.12. The number of hydrogen-bond acceptors (Lipinski definition) is 5. The maximum absolute atomic E-state index is 12.2. The fraction of sp³-hybridized carbons (Fsp3) is 0.174. The lowest BCUT2D eigenvalue weighted by Crippen LogP contribution is -2.36. The molecule has 0 saturated carbocycles. The van der Waals surface area contributed by atoms with Crippen LogP contribution in [0.1, 0.15) is 5.56 Å². The molecule has 0 aliphatic carbocycles. The highest BCUT2D eigenvalue weighted by Gasteiger charge is 2.13. The van der Waals surface area contributed by atoms with Crippen molar-refractivity contribution in [2.75, 3.05) is 36.5 Å². The molecule has 2 aromatic heterocycles. The molecule has 3 aromatic rings. The highest BCUT2D eigenvalue weighted by atomic mass is 16.5. The number of nitrogens with one attached hydrogen (secondary N) is 1. The van der Waals surface area contributed by atoms with E-state index < -0.39 is 0 Å². The summed E-state index contributed by atoms with van der Waals surface area (Å²) < 4.78 is 5.41. The average Bonchev–Trinajstić information content (AvgIpc) is 2.79. The number of carbonyl (C=O) groups excluding carboxylic acids is 1. The maximum Gasteiger partial charge on any atom is 0.249 e. The number of pyridine rings is 2. The monoisotopic (exact) mass is 386 g/mol. The van der Waals surface area contributed by atoms with Crippen LogP contribution in [-0.4, -0.2) is 42.2 Å². The summed E-state index contributed by atoms with van der Waals surface area (Å²) in [6.45, 7) is 3.10. The van der Waals surface area contributed by atoms with Crippen LogP contribution in [0.4, 0.5) is 11.6 Å². The van der Waals surface area contributed by atoms with E-state index in [1.807, 2.05) is 48.5 Å². The third-order valence-corrected chi connectivity index (χ3v) is 4.65. The maximum atomic E-state index is 12.2. The Morgan fingerprint density at radius 1 is 0.966 bits per heavy atom. The molecule has 0 atom stereocenters. The summed E-state index contributed by atoms with van der Waals surface area (Å²) in [4.78, 5) is 23.2. The van der Waals surface area contributed by atoms with Gasteiger partial charge in [-0.05, 0) is 47.0 Å². The number of amides is 1. The van der Waals surface area contributed by atoms with Gasteiger partial charge in [0.15, 0.2) is 0 Å². The highest BCUT2D eigenvalue weighted by Crippen LogP contribution is 2.24. The number of morpholine rings is 1. The Bertz CT molecular complexity index is 999. The Morgan fingerprint density at radius 2 is 1.69 bits per heavy atom. The van der Waals surface area contributed by atoms with Crippen LogP contribution in [0.15, 0.2) is 73.1 Å². The Hall–Kier alpha value is -3.51. The van der Waals surface area contributed by atoms with Crippen LogP contribution in [0.5, 0.6) is 0 Å². The van der Waals surface area contributed by atoms with E-state index in [1.54, 1.807) is 18.5 Å². The zero-order chi connectivity index (χ0) is 19.9. The third kappa shape index (κ3) is 5.06. The van der Waals surface area contributed by atoms with Gasteiger partial charge in [-0.2, -0.15) is 0 Å². The summed E-state index contributed by atoms with van der Waals surface area (Å²) in [7, 11) is 0. The van der Waals surface area contributed by atoms with Crippen LogP contribution >= 0.6 is 0 Å². The summed E-state index contributed by atoms with van der Waals surface area (Å²) in [5, 5.41) is 2.82. The number of ether oxygens (including phenoxy) is 1. The van der Waals surface area contributed by atoms with Crippen molar-refractivity contribution in [3.8, 4) is 11.1 Å². The van der Waals surface area contributed by atoms with Crippen LogP contribution < -0.4 is 10.2 Å². The number of nitrogens with zero attached hydrogens (tertiary/aromatic N) is 3. The molecule has 6 nitrogen and oxygen atoms in total. The number of hydrogen-bond donors (Lipinski definition) is 1. The molecule has 0 unspecified atom stereocenters. The summed E-state index contributed by atoms with van der Waals surface area (Å²) in [6, 6.07) is 17.5. The van der Waals surface area contributed by atoms with E-state index in [-0.39, 0.29) is 5.91 Å². The largest absolute Gasteiger partial charge is 0.378 e. The molecule has 1 amide bonds. The molecule has 3 heterocycles. The molecule has 1 saturated heterocycles. The number of carbonyl (C=O) groups is 1. The lowest BCUT2D eigenvalue weighted by molar-refractivity contribution is -0.111. The summed E-state index contributed by atoms with van der Waals surface area (Å²) in [5.74, 6) is 1.22. The first-order valence-corrected chi connectivity index (χ1v) is 9.57. The van der Waals surface area contributed by atoms with Gasteiger partial charge in [-0.1, -0.05) is 30.3 Å². The number of benzene rings is 1. The first-order valence-electron chi connectivity index (χ1n) is 9.57. The third-order valence-electron chi connectivity index (χ3n) is 4.65. The lowest BCUT2D eigenvalue weighted by Gasteiger charge is -2.28. The Kier molecular flexibility index (Phi) is 5.92. The average molecular weight is 386 g/mol. The van der Waals surface area contributed by atoms with Crippen molar-refractivity contribution in [3.05, 3.63) is 78.6 Å². The molecule has 1 aliphatic rings. The molecule has 0 spiro atoms. The Morgan fingerprint density at radius 3 is 2.48 bits per heavy atom. The van der Waals surface area contributed by atoms with E-state index in [2.05, 4.69) is 26.3 Å². The fourth-order valence-corrected chi connectivity index (χ4v) is 3.15. The Labute approximate surface area is 169 Å². The molecule has 1 aliphatic heterocycles. The standard InChI is InChI=1S/C23H22N4O2/c28-23(7-6-18-4-2-1-3-5-18)26-21-16-19(8-10-24-21)20-9-11-25-22(17-20)27-12-14-29-15-13-27/h1-11,16-17H,12-15H2,(H,24,26,28). The zero-order valence-electron chi connectivity index (χ0n) is 16.0. The van der Waals surface area contributed by atoms with Gasteiger partial charge in [0.1, 0.15) is 11.6 Å². The van der Waals surface area contributed by atoms with Crippen molar-refractivity contribution in [1.29, 1.82) is 0 Å². The van der Waals surface area contributed by atoms with Gasteiger partial charge in [0, 0.05) is 31.6 Å². The van der Waals surface area contributed by atoms with Crippen LogP contribution in [0, 0.1) is 0 Å². The van der Waals surface area contributed by atoms with Crippen LogP contribution in [0.2, 0.25) is 0 Å². The van der Waals surface area contributed by atoms with Crippen molar-refractivity contribution < 1.29 is 9.53 Å². The minimum Gasteiger partial charge on any atom is -0.378 e. The van der Waals surface area contributed by atoms with Gasteiger partial charge in [-0.25, -0.2) is 9.97 Å². The molecular formula is C23H22N4O2. The van der Waals surface area contributed by atoms with Gasteiger partial charge >= 0.3 is 0 Å². The molecule has 6 heteroatoms. The molecule has 1 N–H and O–H groups in total. The first-order chi connectivity index (χ1) is 14.3. The van der Waals surface area contributed by atoms with Gasteiger partial charge in [0.2, 0.25) is 5.91 Å². The van der Waals surface area contributed by atoms with Crippen molar-refractivity contribution >= 4 is 23.6 Å². The number of aromatic nitrogens is 2. The molecular weight excluding hydrogens is 364 g/mol. The van der Waals surface area contributed by atoms with E-state index in [1.165, 1.54) is 6.08 Å². The van der Waals surface area contributed by atoms with Crippen LogP contribution in [-0.2, 0) is 9.53 Å². The molecule has 29 heavy (non-hydrogen) atoms. The van der Waals surface area contributed by atoms with Crippen LogP contribution in [0.25, 0.3) is 17.2 Å². The molecule has 4 rings (SSSR count). The molecule has 0 bridgehead atoms. The smallest absolute Gasteiger partial charge is 0.249 e. The molecule has 1 fully saturated rings. The highest BCUT2D eigenvalue weighted by molar-refractivity contribution is 6.01. The quantitative estimate of drug-likeness (QED) is 0.678. The predicted molar refractivity (Wildman–Crippen MR) is 115 cm³/mol. The van der Waals surface area contributed by atoms with E-state index in [9.17, 15) is 4.79 Å². The van der Waals surface area contributed by atoms with Gasteiger partial charge in [0.05, 0.1) is 13.2 Å². The Balaban J connectivity index is 1.47. The topological polar surface area (TPSA) is 67.4 Å². The SMILES string of the molecule is O=C(C=Cc1ccccc1)Nc1cc(-c2ccnc(N3CCOCC3)c2)ccn1. The molecule has 146 valence electrons. The van der Waals surface area contributed by atoms with Gasteiger partial charge in [-0.3, -0.25) is 4.79 Å². The number of anilines is 2. The molecule has 0 radical (unpaired) electrons. The predicted octanol–water partition coefficient (Wildman–Crippen LogP) is 3.63. The second-order valence-electron chi connectivity index (χ2n) is 6.67. The van der Waals surface area contributed by atoms with Gasteiger partial charge < -0.3 is 15.0 Å². The van der Waals surface area contributed by atoms with E-state index in [0.717, 1.165) is 35.6 Å². The van der Waals surface area contributed by atoms with E-state index >= 15 is 0 Å². The van der Waals surface area contributed by atoms with Gasteiger partial charge in [0.25, 0.3) is 0 Å². The van der Waals surface area contributed by atoms with Crippen LogP contribution in [0.3, 0.4) is 0 Å². The summed E-state index contributed by atoms with van der Waals surface area (Å²) in [6.07, 6.45) is 6.78.